The van der Waals surface area contributed by atoms with Crippen LogP contribution in [0.15, 0.2) is 16.8 Å². The Morgan fingerprint density at radius 3 is 2.71 bits per heavy atom. The fourth-order valence-corrected chi connectivity index (χ4v) is 1.42. The second-order valence-corrected chi connectivity index (χ2v) is 3.50. The standard InChI is InChI=1S/C9H14N4O4/c1-4(14)12-6-3-17-7(8(15)16)2-5(6)13-9(10)11/h2,5-6H,3H2,1H3,(H,12,14)(H,15,16)(H4,10,11,13)/t5-,6-/m0/s1. The van der Waals surface area contributed by atoms with Gasteiger partial charge in [0.2, 0.25) is 11.7 Å². The van der Waals surface area contributed by atoms with Crippen molar-refractivity contribution in [1.82, 2.24) is 5.32 Å². The number of rotatable bonds is 3. The minimum absolute atomic E-state index is 0.000833. The molecule has 8 nitrogen and oxygen atoms in total. The Labute approximate surface area is 97.3 Å². The Bertz CT molecular complexity index is 386. The van der Waals surface area contributed by atoms with Crippen LogP contribution in [0, 0.1) is 0 Å². The van der Waals surface area contributed by atoms with Gasteiger partial charge in [-0.1, -0.05) is 0 Å². The minimum atomic E-state index is -1.21. The molecule has 1 heterocycles. The fourth-order valence-electron chi connectivity index (χ4n) is 1.42. The number of hydrogen-bond donors (Lipinski definition) is 4. The molecule has 0 spiro atoms. The molecule has 8 heteroatoms. The molecule has 0 aromatic carbocycles. The monoisotopic (exact) mass is 242 g/mol. The van der Waals surface area contributed by atoms with Crippen LogP contribution in [-0.2, 0) is 14.3 Å². The smallest absolute Gasteiger partial charge is 0.370 e. The molecule has 2 atom stereocenters. The van der Waals surface area contributed by atoms with E-state index in [1.165, 1.54) is 13.0 Å². The summed E-state index contributed by atoms with van der Waals surface area (Å²) in [5, 5.41) is 11.3. The minimum Gasteiger partial charge on any atom is -0.484 e. The van der Waals surface area contributed by atoms with Gasteiger partial charge in [-0.3, -0.25) is 4.79 Å². The number of ether oxygens (including phenoxy) is 1. The van der Waals surface area contributed by atoms with Crippen molar-refractivity contribution in [2.24, 2.45) is 16.5 Å². The quantitative estimate of drug-likeness (QED) is 0.337. The van der Waals surface area contributed by atoms with Crippen molar-refractivity contribution >= 4 is 17.8 Å². The number of carboxylic acids is 1. The van der Waals surface area contributed by atoms with Crippen LogP contribution in [0.3, 0.4) is 0 Å². The molecule has 1 aliphatic heterocycles. The maximum absolute atomic E-state index is 10.9. The summed E-state index contributed by atoms with van der Waals surface area (Å²) >= 11 is 0. The van der Waals surface area contributed by atoms with Crippen LogP contribution in [0.2, 0.25) is 0 Å². The fraction of sp³-hybridized carbons (Fsp3) is 0.444. The van der Waals surface area contributed by atoms with Crippen LogP contribution in [0.1, 0.15) is 6.92 Å². The lowest BCUT2D eigenvalue weighted by atomic mass is 10.1. The number of hydrogen-bond acceptors (Lipinski definition) is 4. The van der Waals surface area contributed by atoms with Gasteiger partial charge in [0, 0.05) is 6.92 Å². The summed E-state index contributed by atoms with van der Waals surface area (Å²) in [7, 11) is 0. The molecule has 0 aromatic rings. The second kappa shape index (κ2) is 5.19. The predicted octanol–water partition coefficient (Wildman–Crippen LogP) is -1.87. The molecule has 6 N–H and O–H groups in total. The van der Waals surface area contributed by atoms with Gasteiger partial charge in [-0.25, -0.2) is 9.79 Å². The molecule has 1 aliphatic rings. The lowest BCUT2D eigenvalue weighted by Gasteiger charge is -2.27. The van der Waals surface area contributed by atoms with Crippen LogP contribution < -0.4 is 16.8 Å². The van der Waals surface area contributed by atoms with Crippen LogP contribution in [-0.4, -0.2) is 41.6 Å². The number of aliphatic carboxylic acids is 1. The lowest BCUT2D eigenvalue weighted by molar-refractivity contribution is -0.137. The molecule has 0 fully saturated rings. The third-order valence-corrected chi connectivity index (χ3v) is 2.05. The van der Waals surface area contributed by atoms with E-state index in [9.17, 15) is 9.59 Å². The van der Waals surface area contributed by atoms with E-state index in [-0.39, 0.29) is 24.2 Å². The van der Waals surface area contributed by atoms with E-state index in [2.05, 4.69) is 10.3 Å². The first kappa shape index (κ1) is 12.8. The molecule has 0 radical (unpaired) electrons. The number of nitrogens with zero attached hydrogens (tertiary/aromatic N) is 1. The summed E-state index contributed by atoms with van der Waals surface area (Å²) in [5.74, 6) is -1.90. The number of nitrogens with two attached hydrogens (primary N) is 2. The third kappa shape index (κ3) is 3.67. The highest BCUT2D eigenvalue weighted by Gasteiger charge is 2.29. The molecule has 0 unspecified atom stereocenters. The van der Waals surface area contributed by atoms with Crippen molar-refractivity contribution in [2.45, 2.75) is 19.0 Å². The number of aliphatic imine (C=N–C) groups is 1. The van der Waals surface area contributed by atoms with Crippen molar-refractivity contribution in [2.75, 3.05) is 6.61 Å². The molecular weight excluding hydrogens is 228 g/mol. The largest absolute Gasteiger partial charge is 0.484 e. The number of nitrogens with one attached hydrogen (secondary N) is 1. The summed E-state index contributed by atoms with van der Waals surface area (Å²) in [6.45, 7) is 1.34. The molecule has 94 valence electrons. The number of guanidine groups is 1. The number of carboxylic acid groups (broad SMARTS) is 1. The van der Waals surface area contributed by atoms with Crippen LogP contribution in [0.5, 0.6) is 0 Å². The third-order valence-electron chi connectivity index (χ3n) is 2.05. The van der Waals surface area contributed by atoms with E-state index in [1.54, 1.807) is 0 Å². The van der Waals surface area contributed by atoms with Crippen molar-refractivity contribution in [1.29, 1.82) is 0 Å². The molecule has 17 heavy (non-hydrogen) atoms. The van der Waals surface area contributed by atoms with Gasteiger partial charge in [-0.15, -0.1) is 0 Å². The zero-order valence-electron chi connectivity index (χ0n) is 9.21. The normalized spacial score (nSPS) is 23.0. The summed E-state index contributed by atoms with van der Waals surface area (Å²) in [6.07, 6.45) is 1.26. The van der Waals surface area contributed by atoms with Gasteiger partial charge in [0.15, 0.2) is 5.96 Å². The Balaban J connectivity index is 2.92. The molecule has 0 saturated heterocycles. The molecule has 0 bridgehead atoms. The number of carbonyl (C=O) groups excluding carboxylic acids is 1. The lowest BCUT2D eigenvalue weighted by Crippen LogP contribution is -2.47. The van der Waals surface area contributed by atoms with Gasteiger partial charge in [0.1, 0.15) is 6.61 Å². The number of amides is 1. The van der Waals surface area contributed by atoms with E-state index in [4.69, 9.17) is 21.3 Å². The van der Waals surface area contributed by atoms with Crippen LogP contribution in [0.25, 0.3) is 0 Å². The van der Waals surface area contributed by atoms with Crippen molar-refractivity contribution in [3.8, 4) is 0 Å². The first-order chi connectivity index (χ1) is 7.90. The molecule has 1 rings (SSSR count). The highest BCUT2D eigenvalue weighted by Crippen LogP contribution is 2.14. The van der Waals surface area contributed by atoms with Gasteiger partial charge < -0.3 is 26.6 Å². The Kier molecular flexibility index (Phi) is 3.91. The maximum atomic E-state index is 10.9. The maximum Gasteiger partial charge on any atom is 0.370 e. The van der Waals surface area contributed by atoms with E-state index < -0.39 is 18.1 Å². The Morgan fingerprint density at radius 2 is 2.24 bits per heavy atom. The SMILES string of the molecule is CC(=O)N[C@H]1COC(C(=O)O)=C[C@@H]1N=C(N)N. The van der Waals surface area contributed by atoms with E-state index in [0.717, 1.165) is 0 Å². The van der Waals surface area contributed by atoms with Crippen LogP contribution in [0.4, 0.5) is 0 Å². The molecule has 0 aromatic heterocycles. The molecule has 0 aliphatic carbocycles. The van der Waals surface area contributed by atoms with Crippen molar-refractivity contribution < 1.29 is 19.4 Å². The Morgan fingerprint density at radius 1 is 1.59 bits per heavy atom. The number of carbonyl (C=O) groups is 2. The first-order valence-electron chi connectivity index (χ1n) is 4.84. The average Bonchev–Trinajstić information content (AvgIpc) is 2.18. The average molecular weight is 242 g/mol. The highest BCUT2D eigenvalue weighted by molar-refractivity contribution is 5.85. The van der Waals surface area contributed by atoms with Gasteiger partial charge in [-0.05, 0) is 6.08 Å². The summed E-state index contributed by atoms with van der Waals surface area (Å²) < 4.78 is 4.96. The predicted molar refractivity (Wildman–Crippen MR) is 58.9 cm³/mol. The zero-order valence-corrected chi connectivity index (χ0v) is 9.21. The molecular formula is C9H14N4O4. The summed E-state index contributed by atoms with van der Waals surface area (Å²) in [6, 6.07) is -1.14. The van der Waals surface area contributed by atoms with E-state index in [1.807, 2.05) is 0 Å². The Hall–Kier alpha value is -2.25. The van der Waals surface area contributed by atoms with Crippen LogP contribution >= 0.6 is 0 Å². The van der Waals surface area contributed by atoms with Gasteiger partial charge in [-0.2, -0.15) is 0 Å². The van der Waals surface area contributed by atoms with E-state index in [0.29, 0.717) is 0 Å². The second-order valence-electron chi connectivity index (χ2n) is 3.50. The zero-order chi connectivity index (χ0) is 13.0. The topological polar surface area (TPSA) is 140 Å². The first-order valence-corrected chi connectivity index (χ1v) is 4.84. The highest BCUT2D eigenvalue weighted by atomic mass is 16.5. The van der Waals surface area contributed by atoms with Crippen molar-refractivity contribution in [3.63, 3.8) is 0 Å². The molecule has 1 amide bonds. The van der Waals surface area contributed by atoms with E-state index >= 15 is 0 Å². The van der Waals surface area contributed by atoms with Gasteiger partial charge >= 0.3 is 5.97 Å². The van der Waals surface area contributed by atoms with Gasteiger partial charge in [0.25, 0.3) is 0 Å². The summed E-state index contributed by atoms with van der Waals surface area (Å²) in [4.78, 5) is 25.5. The summed E-state index contributed by atoms with van der Waals surface area (Å²) in [5.41, 5.74) is 10.5. The van der Waals surface area contributed by atoms with Gasteiger partial charge in [0.05, 0.1) is 12.1 Å². The molecule has 0 saturated carbocycles. The van der Waals surface area contributed by atoms with Crippen molar-refractivity contribution in [3.05, 3.63) is 11.8 Å².